The van der Waals surface area contributed by atoms with Crippen LogP contribution in [0.25, 0.3) is 0 Å². The number of aliphatic carboxylic acids is 1. The summed E-state index contributed by atoms with van der Waals surface area (Å²) in [6.07, 6.45) is 6.07. The first-order chi connectivity index (χ1) is 9.51. The third-order valence-electron chi connectivity index (χ3n) is 4.27. The molecule has 1 aliphatic rings. The van der Waals surface area contributed by atoms with Crippen molar-refractivity contribution in [2.45, 2.75) is 71.4 Å². The Hall–Kier alpha value is -1.26. The number of urea groups is 1. The van der Waals surface area contributed by atoms with Crippen molar-refractivity contribution in [3.8, 4) is 0 Å². The van der Waals surface area contributed by atoms with Crippen molar-refractivity contribution in [2.24, 2.45) is 0 Å². The number of carbonyl (C=O) groups excluding carboxylic acids is 1. The van der Waals surface area contributed by atoms with Crippen LogP contribution in [0.3, 0.4) is 0 Å². The molecule has 1 fully saturated rings. The monoisotopic (exact) mass is 284 g/mol. The summed E-state index contributed by atoms with van der Waals surface area (Å²) in [6.45, 7) is 6.54. The lowest BCUT2D eigenvalue weighted by atomic mass is 10.1. The average Bonchev–Trinajstić information content (AvgIpc) is 2.68. The number of likely N-dealkylation sites (tertiary alicyclic amines) is 1. The minimum absolute atomic E-state index is 0.0423. The van der Waals surface area contributed by atoms with E-state index in [2.05, 4.69) is 6.92 Å². The molecule has 0 saturated carbocycles. The van der Waals surface area contributed by atoms with Gasteiger partial charge < -0.3 is 14.9 Å². The highest BCUT2D eigenvalue weighted by Crippen LogP contribution is 2.21. The van der Waals surface area contributed by atoms with Gasteiger partial charge in [-0.25, -0.2) is 4.79 Å². The lowest BCUT2D eigenvalue weighted by Crippen LogP contribution is -2.52. The van der Waals surface area contributed by atoms with Crippen LogP contribution in [0.1, 0.15) is 59.3 Å². The van der Waals surface area contributed by atoms with Crippen LogP contribution in [0.5, 0.6) is 0 Å². The summed E-state index contributed by atoms with van der Waals surface area (Å²) in [5, 5.41) is 9.04. The molecule has 20 heavy (non-hydrogen) atoms. The molecular formula is C15H28N2O3. The van der Waals surface area contributed by atoms with Crippen molar-refractivity contribution in [3.05, 3.63) is 0 Å². The van der Waals surface area contributed by atoms with E-state index in [4.69, 9.17) is 5.11 Å². The van der Waals surface area contributed by atoms with Crippen molar-refractivity contribution < 1.29 is 14.7 Å². The van der Waals surface area contributed by atoms with Crippen LogP contribution < -0.4 is 0 Å². The lowest BCUT2D eigenvalue weighted by Gasteiger charge is -2.36. The molecule has 1 saturated heterocycles. The van der Waals surface area contributed by atoms with E-state index in [0.29, 0.717) is 0 Å². The van der Waals surface area contributed by atoms with Crippen molar-refractivity contribution in [1.29, 1.82) is 0 Å². The molecule has 0 radical (unpaired) electrons. The molecule has 2 atom stereocenters. The molecule has 5 heteroatoms. The summed E-state index contributed by atoms with van der Waals surface area (Å²) in [5.74, 6) is -0.943. The van der Waals surface area contributed by atoms with Gasteiger partial charge >= 0.3 is 12.0 Å². The van der Waals surface area contributed by atoms with Crippen molar-refractivity contribution in [2.75, 3.05) is 13.1 Å². The number of carboxylic acids is 1. The second-order valence-electron chi connectivity index (χ2n) is 5.67. The van der Waals surface area contributed by atoms with Gasteiger partial charge in [-0.2, -0.15) is 0 Å². The molecule has 0 spiro atoms. The maximum atomic E-state index is 12.7. The summed E-state index contributed by atoms with van der Waals surface area (Å²) >= 11 is 0. The van der Waals surface area contributed by atoms with E-state index in [1.165, 1.54) is 4.90 Å². The zero-order valence-electron chi connectivity index (χ0n) is 13.0. The summed E-state index contributed by atoms with van der Waals surface area (Å²) in [7, 11) is 0. The summed E-state index contributed by atoms with van der Waals surface area (Å²) < 4.78 is 0. The van der Waals surface area contributed by atoms with Gasteiger partial charge in [0.15, 0.2) is 0 Å². The third-order valence-corrected chi connectivity index (χ3v) is 4.27. The van der Waals surface area contributed by atoms with Gasteiger partial charge in [0.25, 0.3) is 0 Å². The number of hydrogen-bond acceptors (Lipinski definition) is 2. The van der Waals surface area contributed by atoms with Gasteiger partial charge in [-0.05, 0) is 32.6 Å². The Bertz CT molecular complexity index is 333. The SMILES string of the molecule is CCC(C)N(CC(=O)O)C(=O)N1CCCCCC1CC. The molecule has 1 aliphatic heterocycles. The van der Waals surface area contributed by atoms with E-state index in [9.17, 15) is 9.59 Å². The molecule has 1 rings (SSSR count). The number of hydrogen-bond donors (Lipinski definition) is 1. The quantitative estimate of drug-likeness (QED) is 0.844. The molecule has 0 aromatic heterocycles. The Balaban J connectivity index is 2.86. The van der Waals surface area contributed by atoms with Crippen molar-refractivity contribution in [1.82, 2.24) is 9.80 Å². The Morgan fingerprint density at radius 1 is 1.30 bits per heavy atom. The number of amides is 2. The Labute approximate surface area is 121 Å². The first kappa shape index (κ1) is 16.8. The zero-order valence-corrected chi connectivity index (χ0v) is 13.0. The Morgan fingerprint density at radius 3 is 2.55 bits per heavy atom. The first-order valence-electron chi connectivity index (χ1n) is 7.80. The molecular weight excluding hydrogens is 256 g/mol. The van der Waals surface area contributed by atoms with Crippen LogP contribution in [0, 0.1) is 0 Å². The van der Waals surface area contributed by atoms with Crippen LogP contribution in [0.4, 0.5) is 4.79 Å². The Morgan fingerprint density at radius 2 is 2.00 bits per heavy atom. The van der Waals surface area contributed by atoms with Gasteiger partial charge in [-0.1, -0.05) is 26.7 Å². The molecule has 5 nitrogen and oxygen atoms in total. The van der Waals surface area contributed by atoms with E-state index in [-0.39, 0.29) is 24.7 Å². The number of rotatable bonds is 5. The fraction of sp³-hybridized carbons (Fsp3) is 0.867. The normalized spacial score (nSPS) is 21.1. The molecule has 116 valence electrons. The minimum Gasteiger partial charge on any atom is -0.480 e. The first-order valence-corrected chi connectivity index (χ1v) is 7.80. The fourth-order valence-electron chi connectivity index (χ4n) is 2.80. The molecule has 2 amide bonds. The molecule has 0 aliphatic carbocycles. The fourth-order valence-corrected chi connectivity index (χ4v) is 2.80. The van der Waals surface area contributed by atoms with Crippen LogP contribution in [-0.2, 0) is 4.79 Å². The highest BCUT2D eigenvalue weighted by Gasteiger charge is 2.30. The summed E-state index contributed by atoms with van der Waals surface area (Å²) in [5.41, 5.74) is 0. The molecule has 0 aromatic rings. The van der Waals surface area contributed by atoms with Gasteiger partial charge in [0, 0.05) is 18.6 Å². The number of carboxylic acid groups (broad SMARTS) is 1. The number of carbonyl (C=O) groups is 2. The third kappa shape index (κ3) is 4.39. The van der Waals surface area contributed by atoms with E-state index in [0.717, 1.165) is 45.1 Å². The topological polar surface area (TPSA) is 60.9 Å². The summed E-state index contributed by atoms with van der Waals surface area (Å²) in [6, 6.07) is 0.111. The standard InChI is InChI=1S/C15H28N2O3/c1-4-12(3)17(11-14(18)19)15(20)16-10-8-6-7-9-13(16)5-2/h12-13H,4-11H2,1-3H3,(H,18,19). The van der Waals surface area contributed by atoms with Gasteiger partial charge in [0.05, 0.1) is 0 Å². The largest absolute Gasteiger partial charge is 0.480 e. The Kier molecular flexibility index (Phi) is 6.82. The van der Waals surface area contributed by atoms with Crippen molar-refractivity contribution >= 4 is 12.0 Å². The van der Waals surface area contributed by atoms with E-state index < -0.39 is 5.97 Å². The second-order valence-corrected chi connectivity index (χ2v) is 5.67. The number of nitrogens with zero attached hydrogens (tertiary/aromatic N) is 2. The maximum absolute atomic E-state index is 12.7. The molecule has 1 N–H and O–H groups in total. The molecule has 0 aromatic carbocycles. The van der Waals surface area contributed by atoms with E-state index in [1.54, 1.807) is 0 Å². The van der Waals surface area contributed by atoms with Crippen LogP contribution in [-0.4, -0.2) is 52.1 Å². The van der Waals surface area contributed by atoms with E-state index >= 15 is 0 Å². The minimum atomic E-state index is -0.943. The van der Waals surface area contributed by atoms with Crippen LogP contribution in [0.15, 0.2) is 0 Å². The zero-order chi connectivity index (χ0) is 15.1. The predicted octanol–water partition coefficient (Wildman–Crippen LogP) is 2.95. The summed E-state index contributed by atoms with van der Waals surface area (Å²) in [4.78, 5) is 27.2. The van der Waals surface area contributed by atoms with Crippen molar-refractivity contribution in [3.63, 3.8) is 0 Å². The highest BCUT2D eigenvalue weighted by atomic mass is 16.4. The van der Waals surface area contributed by atoms with Crippen LogP contribution >= 0.6 is 0 Å². The molecule has 0 bridgehead atoms. The highest BCUT2D eigenvalue weighted by molar-refractivity contribution is 5.80. The van der Waals surface area contributed by atoms with Gasteiger partial charge in [-0.15, -0.1) is 0 Å². The van der Waals surface area contributed by atoms with Gasteiger partial charge in [0.1, 0.15) is 6.54 Å². The average molecular weight is 284 g/mol. The lowest BCUT2D eigenvalue weighted by molar-refractivity contribution is -0.138. The van der Waals surface area contributed by atoms with E-state index in [1.807, 2.05) is 18.7 Å². The predicted molar refractivity (Wildman–Crippen MR) is 78.7 cm³/mol. The van der Waals surface area contributed by atoms with Crippen LogP contribution in [0.2, 0.25) is 0 Å². The smallest absolute Gasteiger partial charge is 0.323 e. The second kappa shape index (κ2) is 8.12. The van der Waals surface area contributed by atoms with Gasteiger partial charge in [0.2, 0.25) is 0 Å². The van der Waals surface area contributed by atoms with Gasteiger partial charge in [-0.3, -0.25) is 4.79 Å². The molecule has 1 heterocycles. The molecule has 2 unspecified atom stereocenters. The maximum Gasteiger partial charge on any atom is 0.323 e.